The number of rotatable bonds is 7. The number of piperazine rings is 1. The van der Waals surface area contributed by atoms with Gasteiger partial charge in [0.15, 0.2) is 11.6 Å². The van der Waals surface area contributed by atoms with Crippen LogP contribution in [-0.4, -0.2) is 61.2 Å². The molecule has 1 aliphatic carbocycles. The number of carbonyl (C=O) groups excluding carboxylic acids is 1. The number of ether oxygens (including phenoxy) is 1. The van der Waals surface area contributed by atoms with Crippen molar-refractivity contribution in [3.05, 3.63) is 30.0 Å². The van der Waals surface area contributed by atoms with Crippen LogP contribution in [0.4, 0.5) is 5.82 Å². The number of hydrogen-bond donors (Lipinski definition) is 1. The molecule has 6 nitrogen and oxygen atoms in total. The smallest absolute Gasteiger partial charge is 0.224 e. The fourth-order valence-electron chi connectivity index (χ4n) is 4.97. The highest BCUT2D eigenvalue weighted by Crippen LogP contribution is 2.34. The summed E-state index contributed by atoms with van der Waals surface area (Å²) in [6.07, 6.45) is 13.3. The second kappa shape index (κ2) is 10.3. The van der Waals surface area contributed by atoms with Crippen LogP contribution in [0.15, 0.2) is 24.4 Å². The van der Waals surface area contributed by atoms with Crippen LogP contribution < -0.4 is 15.0 Å². The van der Waals surface area contributed by atoms with Crippen molar-refractivity contribution in [2.24, 2.45) is 5.92 Å². The number of carbonyl (C=O) groups is 1. The Labute approximate surface area is 180 Å². The van der Waals surface area contributed by atoms with Gasteiger partial charge in [0, 0.05) is 56.8 Å². The topological polar surface area (TPSA) is 57.7 Å². The molecule has 3 aliphatic rings. The number of allylic oxidation sites excluding steroid dienone is 1. The molecule has 1 saturated carbocycles. The maximum atomic E-state index is 11.9. The van der Waals surface area contributed by atoms with Crippen LogP contribution in [0.3, 0.4) is 0 Å². The van der Waals surface area contributed by atoms with E-state index >= 15 is 0 Å². The van der Waals surface area contributed by atoms with Crippen molar-refractivity contribution in [3.63, 3.8) is 0 Å². The van der Waals surface area contributed by atoms with Gasteiger partial charge in [-0.15, -0.1) is 0 Å². The van der Waals surface area contributed by atoms with E-state index in [0.29, 0.717) is 12.5 Å². The van der Waals surface area contributed by atoms with E-state index in [-0.39, 0.29) is 5.91 Å². The van der Waals surface area contributed by atoms with Crippen molar-refractivity contribution >= 4 is 11.7 Å². The molecule has 30 heavy (non-hydrogen) atoms. The van der Waals surface area contributed by atoms with Gasteiger partial charge in [-0.1, -0.05) is 12.2 Å². The zero-order valence-electron chi connectivity index (χ0n) is 18.3. The Bertz CT molecular complexity index is 735. The molecular formula is C24H36N4O2. The first-order valence-corrected chi connectivity index (χ1v) is 11.7. The molecule has 1 aromatic rings. The van der Waals surface area contributed by atoms with E-state index in [1.54, 1.807) is 0 Å². The monoisotopic (exact) mass is 412 g/mol. The Morgan fingerprint density at radius 2 is 2.03 bits per heavy atom. The number of pyridine rings is 1. The highest BCUT2D eigenvalue weighted by molar-refractivity contribution is 5.77. The van der Waals surface area contributed by atoms with Crippen LogP contribution in [0.25, 0.3) is 0 Å². The van der Waals surface area contributed by atoms with E-state index in [2.05, 4.69) is 26.2 Å². The van der Waals surface area contributed by atoms with E-state index < -0.39 is 0 Å². The third kappa shape index (κ3) is 5.34. The summed E-state index contributed by atoms with van der Waals surface area (Å²) in [7, 11) is 0. The van der Waals surface area contributed by atoms with Crippen molar-refractivity contribution < 1.29 is 9.53 Å². The van der Waals surface area contributed by atoms with Crippen molar-refractivity contribution in [1.29, 1.82) is 0 Å². The summed E-state index contributed by atoms with van der Waals surface area (Å²) in [5.41, 5.74) is 1.30. The van der Waals surface area contributed by atoms with Gasteiger partial charge in [0.05, 0.1) is 6.61 Å². The van der Waals surface area contributed by atoms with Gasteiger partial charge >= 0.3 is 0 Å². The minimum Gasteiger partial charge on any atom is -0.489 e. The van der Waals surface area contributed by atoms with Gasteiger partial charge in [0.2, 0.25) is 5.91 Å². The molecule has 164 valence electrons. The lowest BCUT2D eigenvalue weighted by Gasteiger charge is -2.37. The van der Waals surface area contributed by atoms with Gasteiger partial charge in [-0.05, 0) is 57.6 Å². The molecule has 0 atom stereocenters. The summed E-state index contributed by atoms with van der Waals surface area (Å²) >= 11 is 0. The van der Waals surface area contributed by atoms with Crippen LogP contribution in [0.2, 0.25) is 0 Å². The normalized spacial score (nSPS) is 24.6. The third-order valence-corrected chi connectivity index (χ3v) is 6.86. The predicted molar refractivity (Wildman–Crippen MR) is 120 cm³/mol. The summed E-state index contributed by atoms with van der Waals surface area (Å²) in [4.78, 5) is 21.5. The lowest BCUT2D eigenvalue weighted by atomic mass is 9.84. The molecule has 6 heteroatoms. The van der Waals surface area contributed by atoms with E-state index in [4.69, 9.17) is 4.74 Å². The number of fused-ring (bicyclic) bond motifs is 1. The summed E-state index contributed by atoms with van der Waals surface area (Å²) in [5.74, 6) is 3.03. The molecule has 0 bridgehead atoms. The van der Waals surface area contributed by atoms with Crippen molar-refractivity contribution in [1.82, 2.24) is 15.2 Å². The number of hydrogen-bond acceptors (Lipinski definition) is 5. The van der Waals surface area contributed by atoms with Gasteiger partial charge in [0.1, 0.15) is 0 Å². The van der Waals surface area contributed by atoms with Gasteiger partial charge < -0.3 is 15.0 Å². The average Bonchev–Trinajstić information content (AvgIpc) is 3.27. The fourth-order valence-corrected chi connectivity index (χ4v) is 4.97. The van der Waals surface area contributed by atoms with Gasteiger partial charge in [-0.2, -0.15) is 0 Å². The zero-order valence-corrected chi connectivity index (χ0v) is 18.3. The minimum absolute atomic E-state index is 0.165. The fraction of sp³-hybridized carbons (Fsp3) is 0.667. The number of aromatic nitrogens is 1. The molecule has 2 fully saturated rings. The number of amides is 1. The lowest BCUT2D eigenvalue weighted by Crippen LogP contribution is -2.47. The second-order valence-corrected chi connectivity index (χ2v) is 8.90. The van der Waals surface area contributed by atoms with Crippen LogP contribution in [0, 0.1) is 5.92 Å². The standard InChI is InChI=1S/C24H36N4O2/c1-2-3-4-22(29)26-21-7-5-19(6-8-21)10-13-27-14-16-28(17-15-27)24-23-20(9-12-25-24)11-18-30-23/h2-3,9,12,19,21H,4-8,10-11,13-18H2,1H3,(H,26,29). The molecular weight excluding hydrogens is 376 g/mol. The minimum atomic E-state index is 0.165. The Kier molecular flexibility index (Phi) is 7.26. The number of anilines is 1. The van der Waals surface area contributed by atoms with Crippen LogP contribution >= 0.6 is 0 Å². The van der Waals surface area contributed by atoms with E-state index in [1.165, 1.54) is 31.4 Å². The molecule has 1 amide bonds. The molecule has 0 aromatic carbocycles. The Morgan fingerprint density at radius 3 is 2.80 bits per heavy atom. The molecule has 0 unspecified atom stereocenters. The van der Waals surface area contributed by atoms with Crippen LogP contribution in [0.1, 0.15) is 51.0 Å². The summed E-state index contributed by atoms with van der Waals surface area (Å²) in [5, 5.41) is 3.20. The molecule has 4 rings (SSSR count). The highest BCUT2D eigenvalue weighted by Gasteiger charge is 2.26. The van der Waals surface area contributed by atoms with E-state index in [0.717, 1.165) is 69.5 Å². The third-order valence-electron chi connectivity index (χ3n) is 6.86. The lowest BCUT2D eigenvalue weighted by molar-refractivity contribution is -0.121. The maximum Gasteiger partial charge on any atom is 0.224 e. The molecule has 0 spiro atoms. The Balaban J connectivity index is 1.15. The van der Waals surface area contributed by atoms with E-state index in [9.17, 15) is 4.79 Å². The quantitative estimate of drug-likeness (QED) is 0.697. The first-order valence-electron chi connectivity index (χ1n) is 11.7. The van der Waals surface area contributed by atoms with Crippen molar-refractivity contribution in [3.8, 4) is 5.75 Å². The molecule has 3 heterocycles. The summed E-state index contributed by atoms with van der Waals surface area (Å²) in [6.45, 7) is 8.18. The SMILES string of the molecule is CC=CCC(=O)NC1CCC(CCN2CCN(c3nccc4c3OCC4)CC2)CC1. The predicted octanol–water partition coefficient (Wildman–Crippen LogP) is 3.17. The van der Waals surface area contributed by atoms with Crippen LogP contribution in [0.5, 0.6) is 5.75 Å². The first kappa shape index (κ1) is 21.2. The number of nitrogens with one attached hydrogen (secondary N) is 1. The molecule has 0 radical (unpaired) electrons. The first-order chi connectivity index (χ1) is 14.7. The summed E-state index contributed by atoms with van der Waals surface area (Å²) in [6, 6.07) is 2.47. The molecule has 1 saturated heterocycles. The Morgan fingerprint density at radius 1 is 1.23 bits per heavy atom. The van der Waals surface area contributed by atoms with Gasteiger partial charge in [0.25, 0.3) is 0 Å². The van der Waals surface area contributed by atoms with Gasteiger partial charge in [-0.3, -0.25) is 9.69 Å². The van der Waals surface area contributed by atoms with E-state index in [1.807, 2.05) is 25.3 Å². The largest absolute Gasteiger partial charge is 0.489 e. The van der Waals surface area contributed by atoms with Crippen LogP contribution in [-0.2, 0) is 11.2 Å². The maximum absolute atomic E-state index is 11.9. The Hall–Kier alpha value is -2.08. The van der Waals surface area contributed by atoms with Crippen molar-refractivity contribution in [2.75, 3.05) is 44.2 Å². The zero-order chi connectivity index (χ0) is 20.8. The second-order valence-electron chi connectivity index (χ2n) is 8.90. The molecule has 1 N–H and O–H groups in total. The average molecular weight is 413 g/mol. The molecule has 1 aromatic heterocycles. The molecule has 2 aliphatic heterocycles. The van der Waals surface area contributed by atoms with Crippen molar-refractivity contribution in [2.45, 2.75) is 57.9 Å². The van der Waals surface area contributed by atoms with Gasteiger partial charge in [-0.25, -0.2) is 4.98 Å². The highest BCUT2D eigenvalue weighted by atomic mass is 16.5. The number of nitrogens with zero attached hydrogens (tertiary/aromatic N) is 3. The summed E-state index contributed by atoms with van der Waals surface area (Å²) < 4.78 is 5.84.